The van der Waals surface area contributed by atoms with E-state index in [1.54, 1.807) is 0 Å². The molecule has 170 valence electrons. The standard InChI is InChI=1S/C28H25ClN4O/c1-17-13-26-21(14-22(17)29)24(32-33-27-20-7-5-6-8-23(20)30-16-31-27)15-25(34-26)18-9-11-19(12-10-18)28(2,3)4/h5-16H,1-4H3,(H,30,31,33)/b32-24+. The molecule has 1 N–H and O–H groups in total. The predicted molar refractivity (Wildman–Crippen MR) is 139 cm³/mol. The first kappa shape index (κ1) is 22.1. The van der Waals surface area contributed by atoms with Gasteiger partial charge in [-0.15, -0.1) is 0 Å². The van der Waals surface area contributed by atoms with Gasteiger partial charge in [0.05, 0.1) is 10.9 Å². The highest BCUT2D eigenvalue weighted by atomic mass is 35.5. The molecule has 2 heterocycles. The van der Waals surface area contributed by atoms with Crippen LogP contribution in [0.1, 0.15) is 31.9 Å². The molecule has 0 unspecified atom stereocenters. The largest absolute Gasteiger partial charge is 0.456 e. The van der Waals surface area contributed by atoms with Crippen LogP contribution in [-0.4, -0.2) is 9.97 Å². The normalized spacial score (nSPS) is 12.4. The van der Waals surface area contributed by atoms with E-state index in [2.05, 4.69) is 60.4 Å². The average Bonchev–Trinajstić information content (AvgIpc) is 2.83. The second-order valence-corrected chi connectivity index (χ2v) is 9.79. The summed E-state index contributed by atoms with van der Waals surface area (Å²) < 4.78 is 6.30. The van der Waals surface area contributed by atoms with Crippen LogP contribution >= 0.6 is 11.6 Å². The fourth-order valence-corrected chi connectivity index (χ4v) is 4.03. The number of aromatic nitrogens is 2. The lowest BCUT2D eigenvalue weighted by molar-refractivity contribution is 0.589. The molecule has 0 amide bonds. The van der Waals surface area contributed by atoms with Gasteiger partial charge in [-0.3, -0.25) is 5.43 Å². The number of halogens is 1. The van der Waals surface area contributed by atoms with E-state index >= 15 is 0 Å². The number of nitrogens with one attached hydrogen (secondary N) is 1. The Hall–Kier alpha value is -3.70. The Kier molecular flexibility index (Phi) is 5.58. The van der Waals surface area contributed by atoms with Crippen molar-refractivity contribution in [2.24, 2.45) is 5.10 Å². The van der Waals surface area contributed by atoms with E-state index in [4.69, 9.17) is 21.1 Å². The number of hydrogen-bond donors (Lipinski definition) is 1. The summed E-state index contributed by atoms with van der Waals surface area (Å²) in [5.74, 6) is 1.36. The Morgan fingerprint density at radius 3 is 2.44 bits per heavy atom. The lowest BCUT2D eigenvalue weighted by Crippen LogP contribution is -2.10. The van der Waals surface area contributed by atoms with Crippen LogP contribution in [-0.2, 0) is 5.41 Å². The summed E-state index contributed by atoms with van der Waals surface area (Å²) >= 11 is 6.45. The van der Waals surface area contributed by atoms with Gasteiger partial charge in [0.25, 0.3) is 0 Å². The molecule has 34 heavy (non-hydrogen) atoms. The van der Waals surface area contributed by atoms with Crippen LogP contribution in [0.4, 0.5) is 5.82 Å². The molecule has 5 rings (SSSR count). The van der Waals surface area contributed by atoms with Crippen molar-refractivity contribution >= 4 is 39.3 Å². The SMILES string of the molecule is Cc1cc2oc(-c3ccc(C(C)(C)C)cc3)c/c(=N\Nc3ncnc4ccccc34)c2cc1Cl. The van der Waals surface area contributed by atoms with Crippen molar-refractivity contribution < 1.29 is 4.42 Å². The maximum absolute atomic E-state index is 6.45. The van der Waals surface area contributed by atoms with Crippen LogP contribution in [0.2, 0.25) is 5.02 Å². The van der Waals surface area contributed by atoms with Gasteiger partial charge in [-0.1, -0.05) is 68.8 Å². The number of rotatable bonds is 3. The third-order valence-corrected chi connectivity index (χ3v) is 6.29. The predicted octanol–water partition coefficient (Wildman–Crippen LogP) is 7.23. The van der Waals surface area contributed by atoms with Crippen molar-refractivity contribution in [3.8, 4) is 11.3 Å². The Bertz CT molecular complexity index is 1580. The molecule has 3 aromatic carbocycles. The van der Waals surface area contributed by atoms with Crippen molar-refractivity contribution in [1.82, 2.24) is 9.97 Å². The molecule has 0 saturated heterocycles. The summed E-state index contributed by atoms with van der Waals surface area (Å²) in [6.07, 6.45) is 1.53. The Morgan fingerprint density at radius 2 is 1.68 bits per heavy atom. The van der Waals surface area contributed by atoms with E-state index in [0.717, 1.165) is 33.2 Å². The molecule has 6 heteroatoms. The van der Waals surface area contributed by atoms with Crippen LogP contribution in [0.5, 0.6) is 0 Å². The number of para-hydroxylation sites is 1. The first-order chi connectivity index (χ1) is 16.3. The van der Waals surface area contributed by atoms with Crippen molar-refractivity contribution in [3.63, 3.8) is 0 Å². The van der Waals surface area contributed by atoms with Gasteiger partial charge in [-0.25, -0.2) is 9.97 Å². The van der Waals surface area contributed by atoms with E-state index in [0.29, 0.717) is 21.8 Å². The molecule has 0 bridgehead atoms. The van der Waals surface area contributed by atoms with E-state index < -0.39 is 0 Å². The summed E-state index contributed by atoms with van der Waals surface area (Å²) in [5, 5.41) is 7.79. The minimum atomic E-state index is 0.0810. The Balaban J connectivity index is 1.66. The molecule has 0 saturated carbocycles. The van der Waals surface area contributed by atoms with E-state index in [-0.39, 0.29) is 5.41 Å². The van der Waals surface area contributed by atoms with Crippen LogP contribution < -0.4 is 10.8 Å². The van der Waals surface area contributed by atoms with Gasteiger partial charge in [-0.05, 0) is 47.7 Å². The third kappa shape index (κ3) is 4.27. The van der Waals surface area contributed by atoms with Crippen molar-refractivity contribution in [2.75, 3.05) is 5.43 Å². The smallest absolute Gasteiger partial charge is 0.157 e. The van der Waals surface area contributed by atoms with Gasteiger partial charge >= 0.3 is 0 Å². The molecule has 0 spiro atoms. The van der Waals surface area contributed by atoms with E-state index in [1.165, 1.54) is 11.9 Å². The third-order valence-electron chi connectivity index (χ3n) is 5.89. The number of anilines is 1. The minimum absolute atomic E-state index is 0.0810. The zero-order chi connectivity index (χ0) is 23.9. The van der Waals surface area contributed by atoms with Gasteiger partial charge < -0.3 is 4.42 Å². The lowest BCUT2D eigenvalue weighted by atomic mass is 9.86. The number of aryl methyl sites for hydroxylation is 1. The monoisotopic (exact) mass is 468 g/mol. The second kappa shape index (κ2) is 8.58. The Morgan fingerprint density at radius 1 is 0.912 bits per heavy atom. The highest BCUT2D eigenvalue weighted by Crippen LogP contribution is 2.29. The molecule has 0 aliphatic rings. The van der Waals surface area contributed by atoms with Gasteiger partial charge in [-0.2, -0.15) is 5.10 Å². The quantitative estimate of drug-likeness (QED) is 0.284. The van der Waals surface area contributed by atoms with Crippen LogP contribution in [0.15, 0.2) is 82.6 Å². The minimum Gasteiger partial charge on any atom is -0.456 e. The molecule has 0 fully saturated rings. The Labute approximate surface area is 203 Å². The fourth-order valence-electron chi connectivity index (χ4n) is 3.87. The lowest BCUT2D eigenvalue weighted by Gasteiger charge is -2.19. The number of hydrogen-bond acceptors (Lipinski definition) is 5. The molecule has 5 aromatic rings. The van der Waals surface area contributed by atoms with Crippen molar-refractivity contribution in [1.29, 1.82) is 0 Å². The first-order valence-corrected chi connectivity index (χ1v) is 11.5. The van der Waals surface area contributed by atoms with Gasteiger partial charge in [0, 0.05) is 27.4 Å². The topological polar surface area (TPSA) is 63.3 Å². The van der Waals surface area contributed by atoms with Crippen molar-refractivity contribution in [2.45, 2.75) is 33.1 Å². The van der Waals surface area contributed by atoms with Gasteiger partial charge in [0.15, 0.2) is 5.82 Å². The van der Waals surface area contributed by atoms with Crippen molar-refractivity contribution in [3.05, 3.63) is 94.6 Å². The summed E-state index contributed by atoms with van der Waals surface area (Å²) in [4.78, 5) is 8.70. The zero-order valence-corrected chi connectivity index (χ0v) is 20.3. The molecule has 0 atom stereocenters. The number of fused-ring (bicyclic) bond motifs is 2. The molecule has 5 nitrogen and oxygen atoms in total. The van der Waals surface area contributed by atoms with Crippen LogP contribution in [0.25, 0.3) is 33.2 Å². The first-order valence-electron chi connectivity index (χ1n) is 11.1. The van der Waals surface area contributed by atoms with E-state index in [9.17, 15) is 0 Å². The summed E-state index contributed by atoms with van der Waals surface area (Å²) in [7, 11) is 0. The maximum Gasteiger partial charge on any atom is 0.157 e. The summed E-state index contributed by atoms with van der Waals surface area (Å²) in [6.45, 7) is 8.57. The molecular formula is C28H25ClN4O. The molecule has 0 aliphatic carbocycles. The van der Waals surface area contributed by atoms with E-state index in [1.807, 2.05) is 49.4 Å². The number of benzene rings is 3. The summed E-state index contributed by atoms with van der Waals surface area (Å²) in [6, 6.07) is 22.0. The van der Waals surface area contributed by atoms with Gasteiger partial charge in [0.2, 0.25) is 0 Å². The fraction of sp³-hybridized carbons (Fsp3) is 0.179. The number of nitrogens with zero attached hydrogens (tertiary/aromatic N) is 3. The second-order valence-electron chi connectivity index (χ2n) is 9.38. The molecular weight excluding hydrogens is 444 g/mol. The highest BCUT2D eigenvalue weighted by molar-refractivity contribution is 6.32. The van der Waals surface area contributed by atoms with Gasteiger partial charge in [0.1, 0.15) is 17.7 Å². The molecule has 2 aromatic heterocycles. The highest BCUT2D eigenvalue weighted by Gasteiger charge is 2.14. The molecule has 0 aliphatic heterocycles. The molecule has 0 radical (unpaired) electrons. The van der Waals surface area contributed by atoms with Crippen LogP contribution in [0, 0.1) is 6.92 Å². The zero-order valence-electron chi connectivity index (χ0n) is 19.6. The maximum atomic E-state index is 6.45. The van der Waals surface area contributed by atoms with Crippen LogP contribution in [0.3, 0.4) is 0 Å². The average molecular weight is 469 g/mol. The summed E-state index contributed by atoms with van der Waals surface area (Å²) in [5.41, 5.74) is 7.96.